The molecule has 0 bridgehead atoms. The molecule has 0 atom stereocenters. The smallest absolute Gasteiger partial charge is 0.266 e. The number of hydrogen-bond donors (Lipinski definition) is 4. The summed E-state index contributed by atoms with van der Waals surface area (Å²) in [5.74, 6) is 5.32. The van der Waals surface area contributed by atoms with Crippen molar-refractivity contribution in [2.75, 3.05) is 17.4 Å². The number of nitrogens with one attached hydrogen (secondary N) is 1. The lowest BCUT2D eigenvalue weighted by molar-refractivity contribution is -0.115. The summed E-state index contributed by atoms with van der Waals surface area (Å²) < 4.78 is 5.11. The van der Waals surface area contributed by atoms with Crippen molar-refractivity contribution in [2.24, 2.45) is 17.3 Å². The lowest BCUT2D eigenvalue weighted by atomic mass is 10.2. The molecule has 0 aromatic heterocycles. The van der Waals surface area contributed by atoms with E-state index in [1.165, 1.54) is 7.11 Å². The van der Waals surface area contributed by atoms with Crippen molar-refractivity contribution in [2.45, 2.75) is 20.3 Å². The number of amides is 2. The van der Waals surface area contributed by atoms with Gasteiger partial charge in [0.2, 0.25) is 5.91 Å². The molecule has 120 valence electrons. The minimum absolute atomic E-state index is 0.141. The molecular weight excluding hydrogens is 286 g/mol. The number of hydrazine groups is 1. The van der Waals surface area contributed by atoms with Crippen molar-refractivity contribution in [3.05, 3.63) is 29.6 Å². The Labute approximate surface area is 128 Å². The van der Waals surface area contributed by atoms with Crippen molar-refractivity contribution in [1.29, 1.82) is 0 Å². The van der Waals surface area contributed by atoms with E-state index in [1.807, 2.05) is 13.8 Å². The minimum atomic E-state index is -0.838. The molecule has 8 nitrogen and oxygen atoms in total. The van der Waals surface area contributed by atoms with Crippen LogP contribution in [0.1, 0.15) is 20.3 Å². The first kappa shape index (κ1) is 17.3. The molecule has 1 heterocycles. The number of fused-ring (bicyclic) bond motifs is 1. The lowest BCUT2D eigenvalue weighted by Crippen LogP contribution is -2.35. The predicted octanol–water partition coefficient (Wildman–Crippen LogP) is 0.399. The number of carbonyl (C=O) groups excluding carboxylic acids is 2. The normalized spacial score (nSPS) is 15.6. The van der Waals surface area contributed by atoms with E-state index < -0.39 is 5.91 Å². The highest BCUT2D eigenvalue weighted by Crippen LogP contribution is 2.34. The van der Waals surface area contributed by atoms with Crippen LogP contribution < -0.4 is 32.4 Å². The Hall–Kier alpha value is -2.74. The summed E-state index contributed by atoms with van der Waals surface area (Å²) in [6, 6.07) is 4.95. The molecule has 7 N–H and O–H groups in total. The van der Waals surface area contributed by atoms with E-state index in [2.05, 4.69) is 5.32 Å². The summed E-state index contributed by atoms with van der Waals surface area (Å²) in [6.45, 7) is 4.00. The zero-order chi connectivity index (χ0) is 16.9. The molecule has 0 fully saturated rings. The van der Waals surface area contributed by atoms with Crippen LogP contribution in [-0.2, 0) is 9.59 Å². The summed E-state index contributed by atoms with van der Waals surface area (Å²) in [5.41, 5.74) is 11.6. The maximum absolute atomic E-state index is 11.8. The molecule has 1 aliphatic rings. The average Bonchev–Trinajstić information content (AvgIpc) is 2.65. The first-order valence-corrected chi connectivity index (χ1v) is 6.75. The highest BCUT2D eigenvalue weighted by atomic mass is 16.5. The molecule has 8 heteroatoms. The number of benzene rings is 1. The molecule has 0 saturated heterocycles. The van der Waals surface area contributed by atoms with Crippen molar-refractivity contribution in [3.8, 4) is 5.75 Å². The van der Waals surface area contributed by atoms with E-state index in [1.54, 1.807) is 18.2 Å². The van der Waals surface area contributed by atoms with Crippen LogP contribution in [-0.4, -0.2) is 18.9 Å². The topological polar surface area (TPSA) is 137 Å². The Kier molecular flexibility index (Phi) is 5.76. The van der Waals surface area contributed by atoms with Gasteiger partial charge in [0.15, 0.2) is 0 Å². The second kappa shape index (κ2) is 7.32. The predicted molar refractivity (Wildman–Crippen MR) is 84.7 cm³/mol. The quantitative estimate of drug-likeness (QED) is 0.461. The standard InChI is InChI=1S/C12H15N5O3.C2H6/c1-20-6-2-3-7-8(4-6)17(15)9(5-10(18)16-7)11(13)12(14)19;1-2/h2-4H,5,13,15H2,1H3,(H2,14,19)(H,16,18);1-2H3/b11-9-;. The van der Waals surface area contributed by atoms with Crippen LogP contribution in [0.2, 0.25) is 0 Å². The highest BCUT2D eigenvalue weighted by molar-refractivity contribution is 6.01. The molecule has 2 amide bonds. The SMILES string of the molecule is CC.COc1ccc2c(c1)N(N)/C(=C(\N)C(N)=O)CC(=O)N2. The first-order chi connectivity index (χ1) is 10.4. The Morgan fingerprint density at radius 2 is 1.95 bits per heavy atom. The van der Waals surface area contributed by atoms with Crippen LogP contribution in [0.3, 0.4) is 0 Å². The maximum Gasteiger partial charge on any atom is 0.266 e. The fourth-order valence-corrected chi connectivity index (χ4v) is 1.89. The Bertz CT molecular complexity index is 612. The minimum Gasteiger partial charge on any atom is -0.497 e. The number of rotatable bonds is 2. The molecule has 0 spiro atoms. The van der Waals surface area contributed by atoms with Gasteiger partial charge in [-0.2, -0.15) is 0 Å². The molecule has 1 aromatic carbocycles. The molecule has 0 saturated carbocycles. The summed E-state index contributed by atoms with van der Waals surface area (Å²) in [6.07, 6.45) is -0.151. The molecule has 1 aromatic rings. The molecule has 22 heavy (non-hydrogen) atoms. The van der Waals surface area contributed by atoms with Gasteiger partial charge in [-0.15, -0.1) is 0 Å². The van der Waals surface area contributed by atoms with Crippen LogP contribution in [0.25, 0.3) is 0 Å². The molecule has 0 aliphatic carbocycles. The number of methoxy groups -OCH3 is 1. The second-order valence-corrected chi connectivity index (χ2v) is 4.20. The number of anilines is 2. The first-order valence-electron chi connectivity index (χ1n) is 6.75. The zero-order valence-corrected chi connectivity index (χ0v) is 12.8. The number of carbonyl (C=O) groups is 2. The second-order valence-electron chi connectivity index (χ2n) is 4.20. The van der Waals surface area contributed by atoms with Gasteiger partial charge >= 0.3 is 0 Å². The van der Waals surface area contributed by atoms with E-state index in [4.69, 9.17) is 22.0 Å². The highest BCUT2D eigenvalue weighted by Gasteiger charge is 2.25. The zero-order valence-electron chi connectivity index (χ0n) is 12.8. The summed E-state index contributed by atoms with van der Waals surface area (Å²) in [5, 5.41) is 3.83. The molecular formula is C14H21N5O3. The third-order valence-corrected chi connectivity index (χ3v) is 2.93. The van der Waals surface area contributed by atoms with Gasteiger partial charge in [-0.25, -0.2) is 5.84 Å². The number of nitrogens with zero attached hydrogens (tertiary/aromatic N) is 1. The van der Waals surface area contributed by atoms with Crippen LogP contribution in [0, 0.1) is 0 Å². The van der Waals surface area contributed by atoms with Crippen molar-refractivity contribution < 1.29 is 14.3 Å². The third kappa shape index (κ3) is 3.47. The fraction of sp³-hybridized carbons (Fsp3) is 0.286. The van der Waals surface area contributed by atoms with Gasteiger partial charge in [-0.1, -0.05) is 13.8 Å². The molecule has 1 aliphatic heterocycles. The van der Waals surface area contributed by atoms with Gasteiger partial charge in [0.1, 0.15) is 11.4 Å². The fourth-order valence-electron chi connectivity index (χ4n) is 1.89. The summed E-state index contributed by atoms with van der Waals surface area (Å²) in [4.78, 5) is 23.0. The van der Waals surface area contributed by atoms with Gasteiger partial charge < -0.3 is 21.5 Å². The Morgan fingerprint density at radius 1 is 1.32 bits per heavy atom. The van der Waals surface area contributed by atoms with Crippen molar-refractivity contribution in [1.82, 2.24) is 0 Å². The van der Waals surface area contributed by atoms with Gasteiger partial charge in [-0.05, 0) is 12.1 Å². The van der Waals surface area contributed by atoms with Crippen LogP contribution in [0.4, 0.5) is 11.4 Å². The Morgan fingerprint density at radius 3 is 2.50 bits per heavy atom. The number of ether oxygens (including phenoxy) is 1. The van der Waals surface area contributed by atoms with Crippen LogP contribution in [0.5, 0.6) is 5.75 Å². The third-order valence-electron chi connectivity index (χ3n) is 2.93. The van der Waals surface area contributed by atoms with Crippen molar-refractivity contribution >= 4 is 23.2 Å². The van der Waals surface area contributed by atoms with E-state index in [-0.39, 0.29) is 23.7 Å². The van der Waals surface area contributed by atoms with Gasteiger partial charge in [0.25, 0.3) is 5.91 Å². The van der Waals surface area contributed by atoms with Gasteiger partial charge in [0.05, 0.1) is 30.6 Å². The summed E-state index contributed by atoms with van der Waals surface area (Å²) in [7, 11) is 1.51. The number of hydrogen-bond acceptors (Lipinski definition) is 6. The van der Waals surface area contributed by atoms with E-state index >= 15 is 0 Å². The average molecular weight is 307 g/mol. The van der Waals surface area contributed by atoms with Crippen LogP contribution >= 0.6 is 0 Å². The van der Waals surface area contributed by atoms with Gasteiger partial charge in [0, 0.05) is 6.07 Å². The number of nitrogens with two attached hydrogens (primary N) is 3. The molecule has 2 rings (SSSR count). The maximum atomic E-state index is 11.8. The van der Waals surface area contributed by atoms with E-state index in [0.29, 0.717) is 17.1 Å². The van der Waals surface area contributed by atoms with Crippen molar-refractivity contribution in [3.63, 3.8) is 0 Å². The largest absolute Gasteiger partial charge is 0.497 e. The molecule has 0 unspecified atom stereocenters. The van der Waals surface area contributed by atoms with Crippen LogP contribution in [0.15, 0.2) is 29.6 Å². The molecule has 0 radical (unpaired) electrons. The van der Waals surface area contributed by atoms with Gasteiger partial charge in [-0.3, -0.25) is 14.6 Å². The van der Waals surface area contributed by atoms with E-state index in [0.717, 1.165) is 5.01 Å². The monoisotopic (exact) mass is 307 g/mol. The Balaban J connectivity index is 0.00000116. The lowest BCUT2D eigenvalue weighted by Gasteiger charge is -2.22. The summed E-state index contributed by atoms with van der Waals surface area (Å²) >= 11 is 0. The number of primary amides is 1. The van der Waals surface area contributed by atoms with E-state index in [9.17, 15) is 9.59 Å².